The number of rotatable bonds is 4. The minimum atomic E-state index is -5.08. The van der Waals surface area contributed by atoms with Crippen LogP contribution < -0.4 is 5.32 Å². The Balaban J connectivity index is 0.000000426. The summed E-state index contributed by atoms with van der Waals surface area (Å²) in [6, 6.07) is 4.96. The lowest BCUT2D eigenvalue weighted by atomic mass is 9.99. The van der Waals surface area contributed by atoms with Crippen molar-refractivity contribution in [3.8, 4) is 5.69 Å². The third-order valence-electron chi connectivity index (χ3n) is 6.82. The number of aromatic nitrogens is 3. The largest absolute Gasteiger partial charge is 0.490 e. The highest BCUT2D eigenvalue weighted by Gasteiger charge is 2.39. The first-order valence-electron chi connectivity index (χ1n) is 12.1. The molecule has 3 aliphatic heterocycles. The summed E-state index contributed by atoms with van der Waals surface area (Å²) in [5.41, 5.74) is 3.21. The second-order valence-electron chi connectivity index (χ2n) is 9.66. The molecule has 1 aromatic carbocycles. The lowest BCUT2D eigenvalue weighted by molar-refractivity contribution is -0.192. The lowest BCUT2D eigenvalue weighted by Crippen LogP contribution is -2.52. The Bertz CT molecular complexity index is 1240. The van der Waals surface area contributed by atoms with Crippen molar-refractivity contribution in [1.82, 2.24) is 30.1 Å². The van der Waals surface area contributed by atoms with Gasteiger partial charge in [-0.25, -0.2) is 9.48 Å². The number of carboxylic acids is 1. The summed E-state index contributed by atoms with van der Waals surface area (Å²) >= 11 is 0. The van der Waals surface area contributed by atoms with E-state index in [4.69, 9.17) is 9.90 Å². The first-order chi connectivity index (χ1) is 17.9. The van der Waals surface area contributed by atoms with Crippen molar-refractivity contribution in [2.45, 2.75) is 57.9 Å². The predicted molar refractivity (Wildman–Crippen MR) is 125 cm³/mol. The molecule has 2 aromatic rings. The summed E-state index contributed by atoms with van der Waals surface area (Å²) in [6.45, 7) is 5.62. The van der Waals surface area contributed by atoms with Gasteiger partial charge in [-0.3, -0.25) is 24.6 Å². The summed E-state index contributed by atoms with van der Waals surface area (Å²) < 4.78 is 33.5. The molecular weight excluding hydrogens is 509 g/mol. The molecule has 1 aromatic heterocycles. The SMILES string of the molecule is CC1CCN(Cc2cn(-c3ccc4c(c3)CN(C3CCC(=O)NC3=O)C4=O)nn2)CC1.O=C(O)C(F)(F)F. The van der Waals surface area contributed by atoms with Gasteiger partial charge >= 0.3 is 12.1 Å². The highest BCUT2D eigenvalue weighted by Crippen LogP contribution is 2.29. The van der Waals surface area contributed by atoms with Crippen LogP contribution in [0, 0.1) is 5.92 Å². The van der Waals surface area contributed by atoms with E-state index < -0.39 is 24.1 Å². The van der Waals surface area contributed by atoms with Crippen molar-refractivity contribution in [3.05, 3.63) is 41.2 Å². The summed E-state index contributed by atoms with van der Waals surface area (Å²) in [4.78, 5) is 49.3. The van der Waals surface area contributed by atoms with Gasteiger partial charge in [-0.1, -0.05) is 12.1 Å². The quantitative estimate of drug-likeness (QED) is 0.566. The molecule has 204 valence electrons. The maximum absolute atomic E-state index is 12.8. The second-order valence-corrected chi connectivity index (χ2v) is 9.66. The minimum absolute atomic E-state index is 0.172. The van der Waals surface area contributed by atoms with Crippen LogP contribution in [0.4, 0.5) is 13.2 Å². The molecule has 14 heteroatoms. The number of hydrogen-bond donors (Lipinski definition) is 2. The topological polar surface area (TPSA) is 138 Å². The zero-order valence-corrected chi connectivity index (χ0v) is 20.6. The molecule has 0 aliphatic carbocycles. The number of fused-ring (bicyclic) bond motifs is 1. The Morgan fingerprint density at radius 1 is 1.16 bits per heavy atom. The predicted octanol–water partition coefficient (Wildman–Crippen LogP) is 1.89. The molecule has 2 fully saturated rings. The van der Waals surface area contributed by atoms with Gasteiger partial charge in [0, 0.05) is 25.1 Å². The van der Waals surface area contributed by atoms with Crippen LogP contribution in [0.25, 0.3) is 5.69 Å². The lowest BCUT2D eigenvalue weighted by Gasteiger charge is -2.29. The van der Waals surface area contributed by atoms with Crippen LogP contribution >= 0.6 is 0 Å². The second kappa shape index (κ2) is 10.9. The number of hydrogen-bond acceptors (Lipinski definition) is 7. The summed E-state index contributed by atoms with van der Waals surface area (Å²) in [6.07, 6.45) is -0.0970. The number of imide groups is 1. The highest BCUT2D eigenvalue weighted by molar-refractivity contribution is 6.05. The zero-order chi connectivity index (χ0) is 27.6. The molecule has 0 spiro atoms. The monoisotopic (exact) mass is 536 g/mol. The number of carboxylic acid groups (broad SMARTS) is 1. The first-order valence-corrected chi connectivity index (χ1v) is 12.1. The van der Waals surface area contributed by atoms with Crippen molar-refractivity contribution in [3.63, 3.8) is 0 Å². The van der Waals surface area contributed by atoms with E-state index in [1.165, 1.54) is 12.8 Å². The van der Waals surface area contributed by atoms with Gasteiger partial charge in [0.05, 0.1) is 17.6 Å². The van der Waals surface area contributed by atoms with Crippen molar-refractivity contribution in [1.29, 1.82) is 0 Å². The van der Waals surface area contributed by atoms with E-state index in [-0.39, 0.29) is 18.2 Å². The van der Waals surface area contributed by atoms with E-state index in [1.54, 1.807) is 15.6 Å². The molecule has 0 saturated carbocycles. The Labute approximate surface area is 215 Å². The Morgan fingerprint density at radius 2 is 1.84 bits per heavy atom. The molecule has 0 bridgehead atoms. The van der Waals surface area contributed by atoms with E-state index in [0.29, 0.717) is 18.5 Å². The fraction of sp³-hybridized carbons (Fsp3) is 0.500. The fourth-order valence-electron chi connectivity index (χ4n) is 4.65. The third kappa shape index (κ3) is 6.18. The van der Waals surface area contributed by atoms with Crippen molar-refractivity contribution in [2.75, 3.05) is 13.1 Å². The maximum atomic E-state index is 12.8. The maximum Gasteiger partial charge on any atom is 0.490 e. The van der Waals surface area contributed by atoms with Crippen LogP contribution in [0.15, 0.2) is 24.4 Å². The van der Waals surface area contributed by atoms with Crippen LogP contribution in [-0.4, -0.2) is 78.9 Å². The Morgan fingerprint density at radius 3 is 2.47 bits per heavy atom. The molecule has 3 aliphatic rings. The van der Waals surface area contributed by atoms with Crippen molar-refractivity contribution in [2.24, 2.45) is 5.92 Å². The number of benzene rings is 1. The summed E-state index contributed by atoms with van der Waals surface area (Å²) in [5, 5.41) is 18.1. The smallest absolute Gasteiger partial charge is 0.475 e. The minimum Gasteiger partial charge on any atom is -0.475 e. The van der Waals surface area contributed by atoms with Gasteiger partial charge in [0.25, 0.3) is 5.91 Å². The number of nitrogens with zero attached hydrogens (tertiary/aromatic N) is 5. The number of halogens is 3. The van der Waals surface area contributed by atoms with Gasteiger partial charge in [-0.05, 0) is 62.0 Å². The number of aliphatic carboxylic acids is 1. The zero-order valence-electron chi connectivity index (χ0n) is 20.6. The normalized spacial score (nSPS) is 20.6. The molecular formula is C24H27F3N6O5. The van der Waals surface area contributed by atoms with E-state index in [2.05, 4.69) is 27.5 Å². The van der Waals surface area contributed by atoms with Gasteiger partial charge in [0.15, 0.2) is 0 Å². The summed E-state index contributed by atoms with van der Waals surface area (Å²) in [5.74, 6) is -2.82. The number of likely N-dealkylation sites (tertiary alicyclic amines) is 1. The van der Waals surface area contributed by atoms with E-state index in [0.717, 1.165) is 42.5 Å². The molecule has 3 amide bonds. The number of carbonyl (C=O) groups excluding carboxylic acids is 3. The third-order valence-corrected chi connectivity index (χ3v) is 6.82. The average Bonchev–Trinajstić information content (AvgIpc) is 3.45. The molecule has 38 heavy (non-hydrogen) atoms. The van der Waals surface area contributed by atoms with Crippen LogP contribution in [0.5, 0.6) is 0 Å². The van der Waals surface area contributed by atoms with Gasteiger partial charge < -0.3 is 10.0 Å². The van der Waals surface area contributed by atoms with Crippen LogP contribution in [0.2, 0.25) is 0 Å². The van der Waals surface area contributed by atoms with Gasteiger partial charge in [-0.15, -0.1) is 5.10 Å². The van der Waals surface area contributed by atoms with Crippen LogP contribution in [0.1, 0.15) is 54.2 Å². The molecule has 2 saturated heterocycles. The van der Waals surface area contributed by atoms with E-state index >= 15 is 0 Å². The highest BCUT2D eigenvalue weighted by atomic mass is 19.4. The molecule has 1 unspecified atom stereocenters. The van der Waals surface area contributed by atoms with Gasteiger partial charge in [0.2, 0.25) is 11.8 Å². The van der Waals surface area contributed by atoms with Crippen molar-refractivity contribution < 1.29 is 37.5 Å². The van der Waals surface area contributed by atoms with Gasteiger partial charge in [0.1, 0.15) is 6.04 Å². The molecule has 5 rings (SSSR count). The number of carbonyl (C=O) groups is 4. The number of piperidine rings is 2. The standard InChI is InChI=1S/C22H26N6O3.C2HF3O2/c1-14-6-8-26(9-7-14)12-16-13-28(25-24-16)17-2-3-18-15(10-17)11-27(22(18)31)19-4-5-20(29)23-21(19)30;3-2(4,5)1(6)7/h2-3,10,13-14,19H,4-9,11-12H2,1H3,(H,23,29,30);(H,6,7). The molecule has 0 radical (unpaired) electrons. The number of alkyl halides is 3. The Hall–Kier alpha value is -3.81. The first kappa shape index (κ1) is 27.2. The number of amides is 3. The summed E-state index contributed by atoms with van der Waals surface area (Å²) in [7, 11) is 0. The number of nitrogens with one attached hydrogen (secondary N) is 1. The molecule has 2 N–H and O–H groups in total. The van der Waals surface area contributed by atoms with Crippen molar-refractivity contribution >= 4 is 23.7 Å². The van der Waals surface area contributed by atoms with Gasteiger partial charge in [-0.2, -0.15) is 13.2 Å². The molecule has 4 heterocycles. The van der Waals surface area contributed by atoms with E-state index in [1.807, 2.05) is 18.3 Å². The fourth-order valence-corrected chi connectivity index (χ4v) is 4.65. The Kier molecular flexibility index (Phi) is 7.81. The molecule has 11 nitrogen and oxygen atoms in total. The van der Waals surface area contributed by atoms with E-state index in [9.17, 15) is 27.6 Å². The van der Waals surface area contributed by atoms with Crippen LogP contribution in [-0.2, 0) is 27.5 Å². The molecule has 1 atom stereocenters. The average molecular weight is 537 g/mol. The van der Waals surface area contributed by atoms with Crippen LogP contribution in [0.3, 0.4) is 0 Å².